The molecule has 0 aliphatic carbocycles. The second-order valence-electron chi connectivity index (χ2n) is 4.45. The second kappa shape index (κ2) is 6.17. The number of halogens is 1. The Morgan fingerprint density at radius 3 is 3.00 bits per heavy atom. The Hall–Kier alpha value is -0.870. The molecule has 0 bridgehead atoms. The summed E-state index contributed by atoms with van der Waals surface area (Å²) in [5, 5.41) is 11.8. The molecule has 1 aliphatic heterocycles. The molecule has 1 atom stereocenters. The van der Waals surface area contributed by atoms with Crippen LogP contribution in [0.25, 0.3) is 0 Å². The normalized spacial score (nSPS) is 20.6. The average molecular weight is 255 g/mol. The molecule has 17 heavy (non-hydrogen) atoms. The molecule has 0 saturated carbocycles. The van der Waals surface area contributed by atoms with Crippen molar-refractivity contribution >= 4 is 17.4 Å². The zero-order valence-electron chi connectivity index (χ0n) is 10.2. The zero-order chi connectivity index (χ0) is 12.1. The molecular weight excluding hydrogens is 236 g/mol. The summed E-state index contributed by atoms with van der Waals surface area (Å²) < 4.78 is 0. The molecule has 94 valence electrons. The highest BCUT2D eigenvalue weighted by Crippen LogP contribution is 2.24. The van der Waals surface area contributed by atoms with Crippen LogP contribution in [0.3, 0.4) is 0 Å². The summed E-state index contributed by atoms with van der Waals surface area (Å²) in [6.07, 6.45) is 4.94. The maximum atomic E-state index is 5.77. The lowest BCUT2D eigenvalue weighted by Gasteiger charge is -2.36. The molecule has 0 aromatic carbocycles. The summed E-state index contributed by atoms with van der Waals surface area (Å²) in [6, 6.07) is 4.35. The lowest BCUT2D eigenvalue weighted by Crippen LogP contribution is -2.41. The summed E-state index contributed by atoms with van der Waals surface area (Å²) in [7, 11) is 2.00. The van der Waals surface area contributed by atoms with Crippen molar-refractivity contribution in [2.75, 3.05) is 25.0 Å². The minimum Gasteiger partial charge on any atom is -0.352 e. The van der Waals surface area contributed by atoms with E-state index in [0.29, 0.717) is 11.2 Å². The molecule has 1 saturated heterocycles. The quantitative estimate of drug-likeness (QED) is 0.894. The van der Waals surface area contributed by atoms with Crippen LogP contribution in [0.1, 0.15) is 25.7 Å². The van der Waals surface area contributed by atoms with E-state index in [4.69, 9.17) is 11.6 Å². The molecule has 1 fully saturated rings. The van der Waals surface area contributed by atoms with Gasteiger partial charge < -0.3 is 10.2 Å². The van der Waals surface area contributed by atoms with E-state index in [9.17, 15) is 0 Å². The van der Waals surface area contributed by atoms with Crippen molar-refractivity contribution in [3.63, 3.8) is 0 Å². The number of hydrogen-bond acceptors (Lipinski definition) is 4. The molecule has 0 radical (unpaired) electrons. The van der Waals surface area contributed by atoms with Gasteiger partial charge in [-0.05, 0) is 51.4 Å². The number of nitrogens with zero attached hydrogens (tertiary/aromatic N) is 3. The molecule has 0 amide bonds. The highest BCUT2D eigenvalue weighted by molar-refractivity contribution is 6.29. The molecular formula is C12H19ClN4. The Morgan fingerprint density at radius 2 is 2.29 bits per heavy atom. The first kappa shape index (κ1) is 12.6. The van der Waals surface area contributed by atoms with Crippen LogP contribution in [0.5, 0.6) is 0 Å². The van der Waals surface area contributed by atoms with Crippen LogP contribution in [-0.4, -0.2) is 36.4 Å². The maximum absolute atomic E-state index is 5.77. The Bertz CT molecular complexity index is 341. The highest BCUT2D eigenvalue weighted by atomic mass is 35.5. The van der Waals surface area contributed by atoms with Crippen molar-refractivity contribution in [1.29, 1.82) is 0 Å². The van der Waals surface area contributed by atoms with Gasteiger partial charge in [-0.2, -0.15) is 0 Å². The molecule has 2 heterocycles. The first-order valence-electron chi connectivity index (χ1n) is 6.21. The topological polar surface area (TPSA) is 41.0 Å². The first-order valence-corrected chi connectivity index (χ1v) is 6.59. The Labute approximate surface area is 107 Å². The van der Waals surface area contributed by atoms with E-state index < -0.39 is 0 Å². The van der Waals surface area contributed by atoms with Crippen molar-refractivity contribution in [2.45, 2.75) is 31.7 Å². The van der Waals surface area contributed by atoms with E-state index >= 15 is 0 Å². The summed E-state index contributed by atoms with van der Waals surface area (Å²) in [6.45, 7) is 2.12. The fourth-order valence-corrected chi connectivity index (χ4v) is 2.48. The molecule has 2 rings (SSSR count). The maximum Gasteiger partial charge on any atom is 0.151 e. The molecule has 1 aromatic rings. The van der Waals surface area contributed by atoms with Gasteiger partial charge in [0.25, 0.3) is 0 Å². The van der Waals surface area contributed by atoms with Gasteiger partial charge in [-0.25, -0.2) is 0 Å². The van der Waals surface area contributed by atoms with Crippen LogP contribution < -0.4 is 10.2 Å². The van der Waals surface area contributed by atoms with Crippen LogP contribution in [-0.2, 0) is 0 Å². The SMILES string of the molecule is CNCCC1CCCCN1c1ccc(Cl)nn1. The van der Waals surface area contributed by atoms with E-state index in [0.717, 1.165) is 25.3 Å². The summed E-state index contributed by atoms with van der Waals surface area (Å²) in [5.74, 6) is 0.954. The fraction of sp³-hybridized carbons (Fsp3) is 0.667. The highest BCUT2D eigenvalue weighted by Gasteiger charge is 2.23. The monoisotopic (exact) mass is 254 g/mol. The van der Waals surface area contributed by atoms with Crippen LogP contribution in [0.15, 0.2) is 12.1 Å². The van der Waals surface area contributed by atoms with Crippen molar-refractivity contribution < 1.29 is 0 Å². The zero-order valence-corrected chi connectivity index (χ0v) is 11.0. The van der Waals surface area contributed by atoms with Gasteiger partial charge in [0.15, 0.2) is 11.0 Å². The third kappa shape index (κ3) is 3.30. The largest absolute Gasteiger partial charge is 0.352 e. The minimum atomic E-state index is 0.456. The number of rotatable bonds is 4. The molecule has 1 aromatic heterocycles. The number of piperidine rings is 1. The first-order chi connectivity index (χ1) is 8.31. The average Bonchev–Trinajstić information content (AvgIpc) is 2.38. The molecule has 1 unspecified atom stereocenters. The van der Waals surface area contributed by atoms with Crippen LogP contribution in [0.2, 0.25) is 5.15 Å². The van der Waals surface area contributed by atoms with Gasteiger partial charge in [0.2, 0.25) is 0 Å². The van der Waals surface area contributed by atoms with Crippen LogP contribution in [0, 0.1) is 0 Å². The second-order valence-corrected chi connectivity index (χ2v) is 4.84. The van der Waals surface area contributed by atoms with E-state index in [1.807, 2.05) is 19.2 Å². The number of aromatic nitrogens is 2. The van der Waals surface area contributed by atoms with Crippen molar-refractivity contribution in [2.24, 2.45) is 0 Å². The van der Waals surface area contributed by atoms with E-state index in [1.165, 1.54) is 19.3 Å². The van der Waals surface area contributed by atoms with Gasteiger partial charge in [0.1, 0.15) is 0 Å². The lowest BCUT2D eigenvalue weighted by atomic mass is 9.99. The van der Waals surface area contributed by atoms with E-state index in [1.54, 1.807) is 0 Å². The fourth-order valence-electron chi connectivity index (χ4n) is 2.38. The van der Waals surface area contributed by atoms with Gasteiger partial charge in [-0.3, -0.25) is 0 Å². The Balaban J connectivity index is 2.07. The lowest BCUT2D eigenvalue weighted by molar-refractivity contribution is 0.429. The van der Waals surface area contributed by atoms with Gasteiger partial charge in [-0.1, -0.05) is 11.6 Å². The smallest absolute Gasteiger partial charge is 0.151 e. The third-order valence-corrected chi connectivity index (χ3v) is 3.47. The summed E-state index contributed by atoms with van der Waals surface area (Å²) >= 11 is 5.77. The number of hydrogen-bond donors (Lipinski definition) is 1. The van der Waals surface area contributed by atoms with Gasteiger partial charge in [0, 0.05) is 12.6 Å². The van der Waals surface area contributed by atoms with E-state index in [2.05, 4.69) is 20.4 Å². The number of anilines is 1. The van der Waals surface area contributed by atoms with E-state index in [-0.39, 0.29) is 0 Å². The van der Waals surface area contributed by atoms with Gasteiger partial charge in [0.05, 0.1) is 0 Å². The Kier molecular flexibility index (Phi) is 4.57. The van der Waals surface area contributed by atoms with Crippen molar-refractivity contribution in [3.8, 4) is 0 Å². The summed E-state index contributed by atoms with van der Waals surface area (Å²) in [5.41, 5.74) is 0. The standard InChI is InChI=1S/C12H19ClN4/c1-14-8-7-10-4-2-3-9-17(10)12-6-5-11(13)15-16-12/h5-6,10,14H,2-4,7-9H2,1H3. The Morgan fingerprint density at radius 1 is 1.41 bits per heavy atom. The predicted molar refractivity (Wildman–Crippen MR) is 70.6 cm³/mol. The number of nitrogens with one attached hydrogen (secondary N) is 1. The van der Waals surface area contributed by atoms with Crippen molar-refractivity contribution in [1.82, 2.24) is 15.5 Å². The molecule has 4 nitrogen and oxygen atoms in total. The van der Waals surface area contributed by atoms with Crippen LogP contribution >= 0.6 is 11.6 Å². The molecule has 5 heteroatoms. The molecule has 0 spiro atoms. The van der Waals surface area contributed by atoms with Gasteiger partial charge >= 0.3 is 0 Å². The minimum absolute atomic E-state index is 0.456. The van der Waals surface area contributed by atoms with Crippen molar-refractivity contribution in [3.05, 3.63) is 17.3 Å². The van der Waals surface area contributed by atoms with Gasteiger partial charge in [-0.15, -0.1) is 10.2 Å². The molecule has 1 aliphatic rings. The van der Waals surface area contributed by atoms with Crippen LogP contribution in [0.4, 0.5) is 5.82 Å². The molecule has 1 N–H and O–H groups in total. The summed E-state index contributed by atoms with van der Waals surface area (Å²) in [4.78, 5) is 2.37. The predicted octanol–water partition coefficient (Wildman–Crippen LogP) is 2.10. The third-order valence-electron chi connectivity index (χ3n) is 3.27.